The quantitative estimate of drug-likeness (QED) is 0.498. The number of ether oxygens (including phenoxy) is 2. The lowest BCUT2D eigenvalue weighted by Gasteiger charge is -2.31. The molecule has 1 aliphatic heterocycles. The number of carbonyl (C=O) groups excluding carboxylic acids is 1. The fraction of sp³-hybridized carbons (Fsp3) is 0.320. The zero-order chi connectivity index (χ0) is 25.9. The van der Waals surface area contributed by atoms with E-state index in [-0.39, 0.29) is 22.9 Å². The normalized spacial score (nSPS) is 16.4. The van der Waals surface area contributed by atoms with E-state index in [4.69, 9.17) is 9.47 Å². The van der Waals surface area contributed by atoms with E-state index in [2.05, 4.69) is 15.3 Å². The van der Waals surface area contributed by atoms with Crippen LogP contribution in [-0.2, 0) is 14.8 Å². The van der Waals surface area contributed by atoms with Crippen molar-refractivity contribution in [1.29, 1.82) is 0 Å². The first kappa shape index (κ1) is 25.4. The van der Waals surface area contributed by atoms with Crippen molar-refractivity contribution in [2.24, 2.45) is 5.92 Å². The van der Waals surface area contributed by atoms with E-state index in [1.807, 2.05) is 0 Å². The summed E-state index contributed by atoms with van der Waals surface area (Å²) in [6, 6.07) is 12.8. The van der Waals surface area contributed by atoms with Crippen LogP contribution in [0.1, 0.15) is 18.5 Å². The second kappa shape index (κ2) is 10.5. The molecule has 10 nitrogen and oxygen atoms in total. The molecule has 2 heterocycles. The molecule has 0 aliphatic carbocycles. The minimum atomic E-state index is -3.83. The average molecular weight is 513 g/mol. The fourth-order valence-corrected chi connectivity index (χ4v) is 5.74. The standard InChI is InChI=1S/C25H28N4O6S/c1-16-12-23(30)28-24(26-16)17-6-4-8-19(13-17)27-25(31)18-7-5-11-29(15-18)36(32,33)20-9-10-21(34-2)22(14-20)35-3/h4,6,8-10,12-14,18H,5,7,11,15H2,1-3H3,(H,27,31)(H,26,28,30)/t18-/m0/s1. The molecule has 0 spiro atoms. The average Bonchev–Trinajstić information content (AvgIpc) is 2.88. The van der Waals surface area contributed by atoms with E-state index in [1.165, 1.54) is 36.7 Å². The molecule has 1 aromatic heterocycles. The third kappa shape index (κ3) is 5.42. The lowest BCUT2D eigenvalue weighted by Crippen LogP contribution is -2.43. The Morgan fingerprint density at radius 3 is 2.61 bits per heavy atom. The molecule has 2 aromatic carbocycles. The summed E-state index contributed by atoms with van der Waals surface area (Å²) in [5, 5.41) is 2.88. The highest BCUT2D eigenvalue weighted by Crippen LogP contribution is 2.32. The molecule has 0 radical (unpaired) electrons. The van der Waals surface area contributed by atoms with E-state index < -0.39 is 15.9 Å². The lowest BCUT2D eigenvalue weighted by atomic mass is 9.98. The summed E-state index contributed by atoms with van der Waals surface area (Å²) in [4.78, 5) is 32.0. The first-order valence-corrected chi connectivity index (χ1v) is 12.9. The van der Waals surface area contributed by atoms with Crippen LogP contribution >= 0.6 is 0 Å². The molecule has 0 saturated carbocycles. The van der Waals surface area contributed by atoms with Crippen LogP contribution in [-0.4, -0.2) is 55.9 Å². The number of hydrogen-bond acceptors (Lipinski definition) is 7. The number of hydrogen-bond donors (Lipinski definition) is 2. The zero-order valence-corrected chi connectivity index (χ0v) is 21.1. The van der Waals surface area contributed by atoms with Gasteiger partial charge < -0.3 is 19.8 Å². The Kier molecular flexibility index (Phi) is 7.41. The maximum Gasteiger partial charge on any atom is 0.251 e. The first-order chi connectivity index (χ1) is 17.2. The molecular formula is C25H28N4O6S. The van der Waals surface area contributed by atoms with Gasteiger partial charge in [0.15, 0.2) is 11.5 Å². The summed E-state index contributed by atoms with van der Waals surface area (Å²) in [6.45, 7) is 2.12. The topological polar surface area (TPSA) is 131 Å². The van der Waals surface area contributed by atoms with E-state index in [0.717, 1.165) is 0 Å². The molecule has 0 unspecified atom stereocenters. The maximum atomic E-state index is 13.3. The number of H-pyrrole nitrogens is 1. The van der Waals surface area contributed by atoms with Crippen molar-refractivity contribution in [2.75, 3.05) is 32.6 Å². The Morgan fingerprint density at radius 2 is 1.89 bits per heavy atom. The molecule has 0 bridgehead atoms. The molecule has 1 saturated heterocycles. The van der Waals surface area contributed by atoms with E-state index in [0.29, 0.717) is 53.7 Å². The second-order valence-corrected chi connectivity index (χ2v) is 10.5. The van der Waals surface area contributed by atoms with Gasteiger partial charge in [-0.15, -0.1) is 0 Å². The summed E-state index contributed by atoms with van der Waals surface area (Å²) < 4.78 is 38.4. The van der Waals surface area contributed by atoms with Gasteiger partial charge in [0.25, 0.3) is 5.56 Å². The Bertz CT molecular complexity index is 1440. The number of aryl methyl sites for hydroxylation is 1. The van der Waals surface area contributed by atoms with E-state index in [9.17, 15) is 18.0 Å². The van der Waals surface area contributed by atoms with Gasteiger partial charge in [-0.05, 0) is 44.0 Å². The minimum Gasteiger partial charge on any atom is -0.493 e. The molecule has 1 amide bonds. The molecule has 1 fully saturated rings. The summed E-state index contributed by atoms with van der Waals surface area (Å²) in [5.41, 5.74) is 1.50. The number of rotatable bonds is 7. The van der Waals surface area contributed by atoms with Crippen LogP contribution in [0.2, 0.25) is 0 Å². The van der Waals surface area contributed by atoms with Gasteiger partial charge in [0.2, 0.25) is 15.9 Å². The molecule has 1 aliphatic rings. The molecule has 190 valence electrons. The number of carbonyl (C=O) groups is 1. The van der Waals surface area contributed by atoms with E-state index in [1.54, 1.807) is 37.3 Å². The molecule has 3 aromatic rings. The lowest BCUT2D eigenvalue weighted by molar-refractivity contribution is -0.120. The Hall–Kier alpha value is -3.70. The minimum absolute atomic E-state index is 0.0644. The third-order valence-electron chi connectivity index (χ3n) is 6.02. The molecule has 2 N–H and O–H groups in total. The molecule has 4 rings (SSSR count). The van der Waals surface area contributed by atoms with Gasteiger partial charge in [-0.1, -0.05) is 12.1 Å². The summed E-state index contributed by atoms with van der Waals surface area (Å²) in [6.07, 6.45) is 1.12. The third-order valence-corrected chi connectivity index (χ3v) is 7.88. The van der Waals surface area contributed by atoms with Crippen molar-refractivity contribution in [3.8, 4) is 22.9 Å². The van der Waals surface area contributed by atoms with Gasteiger partial charge in [0.1, 0.15) is 5.82 Å². The summed E-state index contributed by atoms with van der Waals surface area (Å²) in [5.74, 6) is 0.356. The highest BCUT2D eigenvalue weighted by atomic mass is 32.2. The summed E-state index contributed by atoms with van der Waals surface area (Å²) in [7, 11) is -0.914. The summed E-state index contributed by atoms with van der Waals surface area (Å²) >= 11 is 0. The molecule has 11 heteroatoms. The smallest absolute Gasteiger partial charge is 0.251 e. The van der Waals surface area contributed by atoms with Crippen molar-refractivity contribution < 1.29 is 22.7 Å². The highest BCUT2D eigenvalue weighted by Gasteiger charge is 2.34. The second-order valence-electron chi connectivity index (χ2n) is 8.52. The number of nitrogens with zero attached hydrogens (tertiary/aromatic N) is 2. The van der Waals surface area contributed by atoms with Crippen LogP contribution in [0.5, 0.6) is 11.5 Å². The monoisotopic (exact) mass is 512 g/mol. The van der Waals surface area contributed by atoms with Crippen molar-refractivity contribution in [3.63, 3.8) is 0 Å². The van der Waals surface area contributed by atoms with Gasteiger partial charge in [-0.25, -0.2) is 13.4 Å². The number of amides is 1. The number of piperidine rings is 1. The van der Waals surface area contributed by atoms with Gasteiger partial charge in [-0.3, -0.25) is 9.59 Å². The first-order valence-electron chi connectivity index (χ1n) is 11.4. The molecular weight excluding hydrogens is 484 g/mol. The Morgan fingerprint density at radius 1 is 1.11 bits per heavy atom. The SMILES string of the molecule is COc1ccc(S(=O)(=O)N2CCC[C@H](C(=O)Nc3cccc(-c4nc(C)cc(=O)[nH]4)c3)C2)cc1OC. The predicted molar refractivity (Wildman–Crippen MR) is 135 cm³/mol. The number of sulfonamides is 1. The largest absolute Gasteiger partial charge is 0.493 e. The highest BCUT2D eigenvalue weighted by molar-refractivity contribution is 7.89. The van der Waals surface area contributed by atoms with Crippen LogP contribution < -0.4 is 20.3 Å². The van der Waals surface area contributed by atoms with Crippen LogP contribution in [0.25, 0.3) is 11.4 Å². The fourth-order valence-electron chi connectivity index (χ4n) is 4.21. The van der Waals surface area contributed by atoms with Crippen molar-refractivity contribution in [2.45, 2.75) is 24.7 Å². The van der Waals surface area contributed by atoms with Crippen molar-refractivity contribution >= 4 is 21.6 Å². The predicted octanol–water partition coefficient (Wildman–Crippen LogP) is 2.80. The number of benzene rings is 2. The van der Waals surface area contributed by atoms with Gasteiger partial charge >= 0.3 is 0 Å². The van der Waals surface area contributed by atoms with Crippen LogP contribution in [0.3, 0.4) is 0 Å². The molecule has 1 atom stereocenters. The van der Waals surface area contributed by atoms with Gasteiger partial charge in [0, 0.05) is 42.2 Å². The number of nitrogens with one attached hydrogen (secondary N) is 2. The number of aromatic nitrogens is 2. The van der Waals surface area contributed by atoms with Gasteiger partial charge in [-0.2, -0.15) is 4.31 Å². The van der Waals surface area contributed by atoms with Crippen LogP contribution in [0.4, 0.5) is 5.69 Å². The van der Waals surface area contributed by atoms with Crippen LogP contribution in [0.15, 0.2) is 58.2 Å². The van der Waals surface area contributed by atoms with Crippen molar-refractivity contribution in [3.05, 3.63) is 64.6 Å². The van der Waals surface area contributed by atoms with Crippen molar-refractivity contribution in [1.82, 2.24) is 14.3 Å². The Labute approximate surface area is 209 Å². The van der Waals surface area contributed by atoms with Gasteiger partial charge in [0.05, 0.1) is 25.0 Å². The number of anilines is 1. The maximum absolute atomic E-state index is 13.3. The number of methoxy groups -OCH3 is 2. The zero-order valence-electron chi connectivity index (χ0n) is 20.3. The number of aromatic amines is 1. The Balaban J connectivity index is 1.50. The van der Waals surface area contributed by atoms with E-state index >= 15 is 0 Å². The molecule has 36 heavy (non-hydrogen) atoms. The van der Waals surface area contributed by atoms with Crippen LogP contribution in [0, 0.1) is 12.8 Å².